The van der Waals surface area contributed by atoms with Crippen LogP contribution in [0.1, 0.15) is 11.1 Å². The summed E-state index contributed by atoms with van der Waals surface area (Å²) in [5.41, 5.74) is 2.24. The van der Waals surface area contributed by atoms with E-state index in [1.165, 1.54) is 5.56 Å². The third-order valence-corrected chi connectivity index (χ3v) is 4.28. The molecular formula is C20H22FNO. The summed E-state index contributed by atoms with van der Waals surface area (Å²) in [4.78, 5) is 2.10. The second kappa shape index (κ2) is 7.53. The van der Waals surface area contributed by atoms with Gasteiger partial charge in [-0.05, 0) is 11.1 Å². The Hall–Kier alpha value is -1.97. The van der Waals surface area contributed by atoms with E-state index in [4.69, 9.17) is 4.74 Å². The zero-order chi connectivity index (χ0) is 16.1. The molecule has 0 radical (unpaired) electrons. The number of alkyl halides is 1. The Morgan fingerprint density at radius 2 is 1.65 bits per heavy atom. The molecule has 0 unspecified atom stereocenters. The number of rotatable bonds is 6. The fourth-order valence-electron chi connectivity index (χ4n) is 3.11. The van der Waals surface area contributed by atoms with Crippen molar-refractivity contribution in [1.29, 1.82) is 0 Å². The Morgan fingerprint density at radius 3 is 2.26 bits per heavy atom. The molecule has 2 nitrogen and oxygen atoms in total. The molecule has 23 heavy (non-hydrogen) atoms. The molecule has 0 aliphatic carbocycles. The van der Waals surface area contributed by atoms with Gasteiger partial charge in [0.1, 0.15) is 12.3 Å². The summed E-state index contributed by atoms with van der Waals surface area (Å²) in [5.74, 6) is 0. The van der Waals surface area contributed by atoms with Gasteiger partial charge in [-0.2, -0.15) is 0 Å². The highest BCUT2D eigenvalue weighted by atomic mass is 19.1. The minimum Gasteiger partial charge on any atom is -0.368 e. The van der Waals surface area contributed by atoms with Crippen molar-refractivity contribution in [3.8, 4) is 0 Å². The van der Waals surface area contributed by atoms with Crippen molar-refractivity contribution in [2.75, 3.05) is 6.54 Å². The lowest BCUT2D eigenvalue weighted by molar-refractivity contribution is -0.00290. The predicted octanol–water partition coefficient (Wildman–Crippen LogP) is 3.98. The molecule has 1 heterocycles. The number of hydrogen-bond acceptors (Lipinski definition) is 2. The number of benzene rings is 2. The molecule has 2 aromatic carbocycles. The average Bonchev–Trinajstić information content (AvgIpc) is 2.89. The summed E-state index contributed by atoms with van der Waals surface area (Å²) < 4.78 is 20.4. The molecule has 120 valence electrons. The van der Waals surface area contributed by atoms with Crippen LogP contribution in [0.15, 0.2) is 73.3 Å². The first-order valence-corrected chi connectivity index (χ1v) is 7.98. The van der Waals surface area contributed by atoms with Crippen molar-refractivity contribution in [3.63, 3.8) is 0 Å². The second-order valence-corrected chi connectivity index (χ2v) is 5.92. The van der Waals surface area contributed by atoms with Crippen molar-refractivity contribution >= 4 is 0 Å². The summed E-state index contributed by atoms with van der Waals surface area (Å²) in [6.07, 6.45) is 0.347. The van der Waals surface area contributed by atoms with Crippen molar-refractivity contribution in [3.05, 3.63) is 84.4 Å². The van der Waals surface area contributed by atoms with Gasteiger partial charge in [-0.15, -0.1) is 6.58 Å². The zero-order valence-electron chi connectivity index (χ0n) is 13.1. The Bertz CT molecular complexity index is 616. The maximum Gasteiger partial charge on any atom is 0.141 e. The molecule has 3 rings (SSSR count). The smallest absolute Gasteiger partial charge is 0.141 e. The van der Waals surface area contributed by atoms with Crippen LogP contribution in [0, 0.1) is 0 Å². The van der Waals surface area contributed by atoms with Gasteiger partial charge in [0.15, 0.2) is 0 Å². The molecular weight excluding hydrogens is 289 g/mol. The van der Waals surface area contributed by atoms with E-state index in [9.17, 15) is 4.39 Å². The number of hydrogen-bond donors (Lipinski definition) is 0. The van der Waals surface area contributed by atoms with Gasteiger partial charge in [-0.25, -0.2) is 4.39 Å². The summed E-state index contributed by atoms with van der Waals surface area (Å²) in [6.45, 7) is 5.40. The molecule has 1 aliphatic heterocycles. The quantitative estimate of drug-likeness (QED) is 0.748. The van der Waals surface area contributed by atoms with Crippen LogP contribution >= 0.6 is 0 Å². The maximum absolute atomic E-state index is 14.5. The average molecular weight is 311 g/mol. The van der Waals surface area contributed by atoms with Crippen LogP contribution in [0.5, 0.6) is 0 Å². The van der Waals surface area contributed by atoms with Gasteiger partial charge in [-0.1, -0.05) is 66.7 Å². The minimum absolute atomic E-state index is 0.103. The number of halogens is 1. The summed E-state index contributed by atoms with van der Waals surface area (Å²) >= 11 is 0. The molecule has 0 N–H and O–H groups in total. The fourth-order valence-corrected chi connectivity index (χ4v) is 3.11. The number of nitrogens with zero attached hydrogens (tertiary/aromatic N) is 1. The highest BCUT2D eigenvalue weighted by molar-refractivity contribution is 5.17. The van der Waals surface area contributed by atoms with E-state index >= 15 is 0 Å². The van der Waals surface area contributed by atoms with Gasteiger partial charge in [0.2, 0.25) is 0 Å². The van der Waals surface area contributed by atoms with Crippen LogP contribution in [-0.2, 0) is 17.9 Å². The van der Waals surface area contributed by atoms with Crippen molar-refractivity contribution < 1.29 is 9.13 Å². The highest BCUT2D eigenvalue weighted by Gasteiger charge is 2.41. The van der Waals surface area contributed by atoms with E-state index in [-0.39, 0.29) is 6.04 Å². The van der Waals surface area contributed by atoms with Crippen LogP contribution in [0.3, 0.4) is 0 Å². The van der Waals surface area contributed by atoms with Gasteiger partial charge in [0, 0.05) is 13.1 Å². The minimum atomic E-state index is -0.995. The van der Waals surface area contributed by atoms with Gasteiger partial charge in [0.25, 0.3) is 0 Å². The molecule has 3 atom stereocenters. The number of likely N-dealkylation sites (tertiary alicyclic amines) is 1. The summed E-state index contributed by atoms with van der Waals surface area (Å²) in [5, 5.41) is 0. The van der Waals surface area contributed by atoms with E-state index in [2.05, 4.69) is 23.6 Å². The van der Waals surface area contributed by atoms with E-state index in [0.29, 0.717) is 19.7 Å². The zero-order valence-corrected chi connectivity index (χ0v) is 13.1. The Kier molecular flexibility index (Phi) is 5.21. The van der Waals surface area contributed by atoms with E-state index < -0.39 is 12.3 Å². The maximum atomic E-state index is 14.5. The highest BCUT2D eigenvalue weighted by Crippen LogP contribution is 2.27. The van der Waals surface area contributed by atoms with E-state index in [1.54, 1.807) is 6.08 Å². The first kappa shape index (κ1) is 15.9. The largest absolute Gasteiger partial charge is 0.368 e. The molecule has 0 spiro atoms. The molecule has 0 saturated carbocycles. The predicted molar refractivity (Wildman–Crippen MR) is 90.8 cm³/mol. The third kappa shape index (κ3) is 3.87. The lowest BCUT2D eigenvalue weighted by Crippen LogP contribution is -2.35. The fraction of sp³-hybridized carbons (Fsp3) is 0.300. The Morgan fingerprint density at radius 1 is 1.04 bits per heavy atom. The van der Waals surface area contributed by atoms with E-state index in [1.807, 2.05) is 48.5 Å². The second-order valence-electron chi connectivity index (χ2n) is 5.92. The van der Waals surface area contributed by atoms with Crippen LogP contribution in [0.25, 0.3) is 0 Å². The van der Waals surface area contributed by atoms with Crippen LogP contribution < -0.4 is 0 Å². The molecule has 1 aliphatic rings. The molecule has 1 saturated heterocycles. The lowest BCUT2D eigenvalue weighted by atomic mass is 10.1. The topological polar surface area (TPSA) is 12.5 Å². The lowest BCUT2D eigenvalue weighted by Gasteiger charge is -2.25. The summed E-state index contributed by atoms with van der Waals surface area (Å²) in [7, 11) is 0. The Balaban J connectivity index is 1.65. The van der Waals surface area contributed by atoms with Crippen LogP contribution in [-0.4, -0.2) is 29.8 Å². The van der Waals surface area contributed by atoms with Gasteiger partial charge in [-0.3, -0.25) is 4.90 Å². The van der Waals surface area contributed by atoms with Crippen LogP contribution in [0.4, 0.5) is 4.39 Å². The monoisotopic (exact) mass is 311 g/mol. The first-order valence-electron chi connectivity index (χ1n) is 7.98. The van der Waals surface area contributed by atoms with Crippen molar-refractivity contribution in [2.45, 2.75) is 31.5 Å². The molecule has 3 heteroatoms. The van der Waals surface area contributed by atoms with Gasteiger partial charge < -0.3 is 4.74 Å². The molecule has 0 aromatic heterocycles. The summed E-state index contributed by atoms with van der Waals surface area (Å²) in [6, 6.07) is 19.9. The van der Waals surface area contributed by atoms with E-state index in [0.717, 1.165) is 5.56 Å². The molecule has 0 bridgehead atoms. The third-order valence-electron chi connectivity index (χ3n) is 4.28. The Labute approximate surface area is 137 Å². The van der Waals surface area contributed by atoms with Crippen molar-refractivity contribution in [2.24, 2.45) is 0 Å². The van der Waals surface area contributed by atoms with Gasteiger partial charge >= 0.3 is 0 Å². The SMILES string of the molecule is C=C[C@@H]1[C@@H](OCc2ccccc2)[C@H](F)CN1Cc1ccccc1. The standard InChI is InChI=1S/C20H22FNO/c1-2-19-20(23-15-17-11-7-4-8-12-17)18(21)14-22(19)13-16-9-5-3-6-10-16/h2-12,18-20H,1,13-15H2/t18-,19-,20+/m1/s1. The molecule has 0 amide bonds. The molecule has 2 aromatic rings. The first-order chi connectivity index (χ1) is 11.3. The van der Waals surface area contributed by atoms with Crippen LogP contribution in [0.2, 0.25) is 0 Å². The normalized spacial score (nSPS) is 24.7. The van der Waals surface area contributed by atoms with Gasteiger partial charge in [0.05, 0.1) is 12.6 Å². The number of ether oxygens (including phenoxy) is 1. The van der Waals surface area contributed by atoms with Crippen molar-refractivity contribution in [1.82, 2.24) is 4.90 Å². The molecule has 1 fully saturated rings.